The molecule has 0 saturated carbocycles. The number of rotatable bonds is 8. The Kier molecular flexibility index (Phi) is 8.61. The van der Waals surface area contributed by atoms with Crippen molar-refractivity contribution >= 4 is 5.69 Å². The van der Waals surface area contributed by atoms with Gasteiger partial charge in [-0.3, -0.25) is 18.8 Å². The molecule has 1 fully saturated rings. The Morgan fingerprint density at radius 1 is 0.857 bits per heavy atom. The van der Waals surface area contributed by atoms with Crippen LogP contribution in [0.25, 0.3) is 0 Å². The number of nitrogens with two attached hydrogens (primary N) is 1. The molecule has 0 aliphatic carbocycles. The monoisotopic (exact) mass is 570 g/mol. The van der Waals surface area contributed by atoms with Crippen molar-refractivity contribution in [1.29, 1.82) is 5.26 Å². The summed E-state index contributed by atoms with van der Waals surface area (Å²) in [6.07, 6.45) is 0. The Hall–Kier alpha value is -4.59. The summed E-state index contributed by atoms with van der Waals surface area (Å²) in [6.45, 7) is 3.96. The minimum Gasteiger partial charge on any atom is -0.363 e. The molecule has 0 bridgehead atoms. The second-order valence-electron chi connectivity index (χ2n) is 10.5. The van der Waals surface area contributed by atoms with Crippen molar-refractivity contribution in [2.24, 2.45) is 5.73 Å². The van der Waals surface area contributed by atoms with Gasteiger partial charge < -0.3 is 10.6 Å². The maximum atomic E-state index is 14.7. The van der Waals surface area contributed by atoms with Crippen LogP contribution in [0.4, 0.5) is 14.5 Å². The van der Waals surface area contributed by atoms with Gasteiger partial charge in [0.05, 0.1) is 24.7 Å². The minimum atomic E-state index is -0.771. The van der Waals surface area contributed by atoms with Crippen molar-refractivity contribution in [3.8, 4) is 6.07 Å². The predicted molar refractivity (Wildman–Crippen MR) is 157 cm³/mol. The van der Waals surface area contributed by atoms with Crippen LogP contribution in [0.1, 0.15) is 34.0 Å². The van der Waals surface area contributed by atoms with E-state index in [0.29, 0.717) is 49.7 Å². The van der Waals surface area contributed by atoms with E-state index in [2.05, 4.69) is 11.0 Å². The molecule has 1 aliphatic heterocycles. The van der Waals surface area contributed by atoms with Crippen LogP contribution in [-0.2, 0) is 19.6 Å². The van der Waals surface area contributed by atoms with Crippen LogP contribution >= 0.6 is 0 Å². The molecule has 2 N–H and O–H groups in total. The van der Waals surface area contributed by atoms with Gasteiger partial charge in [-0.15, -0.1) is 0 Å². The molecule has 2 heterocycles. The highest BCUT2D eigenvalue weighted by atomic mass is 19.1. The average Bonchev–Trinajstić information content (AvgIpc) is 3.00. The van der Waals surface area contributed by atoms with Gasteiger partial charge in [-0.1, -0.05) is 54.6 Å². The third-order valence-corrected chi connectivity index (χ3v) is 7.86. The molecule has 10 heteroatoms. The van der Waals surface area contributed by atoms with E-state index in [0.717, 1.165) is 27.8 Å². The first-order chi connectivity index (χ1) is 20.3. The summed E-state index contributed by atoms with van der Waals surface area (Å²) in [6, 6.07) is 21.7. The largest absolute Gasteiger partial charge is 0.363 e. The number of hydrogen-bond acceptors (Lipinski definition) is 6. The predicted octanol–water partition coefficient (Wildman–Crippen LogP) is 3.54. The fraction of sp³-hybridized carbons (Fsp3) is 0.281. The van der Waals surface area contributed by atoms with E-state index >= 15 is 0 Å². The first-order valence-corrected chi connectivity index (χ1v) is 13.8. The van der Waals surface area contributed by atoms with E-state index in [1.165, 1.54) is 10.6 Å². The summed E-state index contributed by atoms with van der Waals surface area (Å²) >= 11 is 0. The molecule has 42 heavy (non-hydrogen) atoms. The van der Waals surface area contributed by atoms with Crippen LogP contribution in [0.3, 0.4) is 0 Å². The Bertz CT molecular complexity index is 1720. The Morgan fingerprint density at radius 2 is 1.50 bits per heavy atom. The fourth-order valence-corrected chi connectivity index (χ4v) is 5.48. The Morgan fingerprint density at radius 3 is 2.17 bits per heavy atom. The molecule has 3 aromatic carbocycles. The normalized spacial score (nSPS) is 14.5. The number of benzene rings is 3. The molecule has 1 aromatic heterocycles. The second-order valence-corrected chi connectivity index (χ2v) is 10.5. The first kappa shape index (κ1) is 28.9. The molecule has 0 radical (unpaired) electrons. The third kappa shape index (κ3) is 5.88. The van der Waals surface area contributed by atoms with Crippen LogP contribution in [0, 0.1) is 29.9 Å². The summed E-state index contributed by atoms with van der Waals surface area (Å²) in [7, 11) is 0. The van der Waals surface area contributed by atoms with Crippen molar-refractivity contribution in [2.45, 2.75) is 32.6 Å². The molecule has 216 valence electrons. The Labute approximate surface area is 242 Å². The lowest BCUT2D eigenvalue weighted by molar-refractivity contribution is 0.249. The number of nitrogens with zero attached hydrogens (tertiary/aromatic N) is 5. The van der Waals surface area contributed by atoms with Gasteiger partial charge in [-0.25, -0.2) is 13.6 Å². The van der Waals surface area contributed by atoms with E-state index in [1.807, 2.05) is 53.4 Å². The molecule has 0 spiro atoms. The van der Waals surface area contributed by atoms with Crippen LogP contribution in [-0.4, -0.2) is 40.2 Å². The molecule has 1 unspecified atom stereocenters. The van der Waals surface area contributed by atoms with Crippen molar-refractivity contribution in [1.82, 2.24) is 14.0 Å². The number of halogens is 2. The lowest BCUT2D eigenvalue weighted by Crippen LogP contribution is -2.51. The molecule has 8 nitrogen and oxygen atoms in total. The highest BCUT2D eigenvalue weighted by Gasteiger charge is 2.27. The van der Waals surface area contributed by atoms with Gasteiger partial charge in [0.1, 0.15) is 17.3 Å². The van der Waals surface area contributed by atoms with Gasteiger partial charge in [0.25, 0.3) is 5.56 Å². The number of aromatic nitrogens is 2. The zero-order valence-electron chi connectivity index (χ0n) is 23.3. The van der Waals surface area contributed by atoms with Crippen molar-refractivity contribution in [3.63, 3.8) is 0 Å². The molecule has 0 amide bonds. The average molecular weight is 571 g/mol. The summed E-state index contributed by atoms with van der Waals surface area (Å²) in [5.41, 5.74) is 7.96. The minimum absolute atomic E-state index is 0.0976. The van der Waals surface area contributed by atoms with Crippen LogP contribution in [0.5, 0.6) is 0 Å². The van der Waals surface area contributed by atoms with Crippen molar-refractivity contribution < 1.29 is 8.78 Å². The number of anilines is 1. The van der Waals surface area contributed by atoms with Gasteiger partial charge in [0.2, 0.25) is 0 Å². The summed E-state index contributed by atoms with van der Waals surface area (Å²) < 4.78 is 31.7. The smallest absolute Gasteiger partial charge is 0.331 e. The molecule has 1 atom stereocenters. The Balaban J connectivity index is 1.50. The number of piperazine rings is 1. The maximum Gasteiger partial charge on any atom is 0.331 e. The van der Waals surface area contributed by atoms with Gasteiger partial charge in [0, 0.05) is 50.0 Å². The van der Waals surface area contributed by atoms with Gasteiger partial charge in [-0.2, -0.15) is 5.26 Å². The molecule has 4 aromatic rings. The molecular weight excluding hydrogens is 538 g/mol. The van der Waals surface area contributed by atoms with E-state index < -0.39 is 28.9 Å². The number of hydrogen-bond donors (Lipinski definition) is 1. The number of nitriles is 1. The van der Waals surface area contributed by atoms with Gasteiger partial charge in [-0.05, 0) is 36.2 Å². The summed E-state index contributed by atoms with van der Waals surface area (Å²) in [5, 5.41) is 9.45. The summed E-state index contributed by atoms with van der Waals surface area (Å²) in [5.74, 6) is -1.54. The second kappa shape index (κ2) is 12.5. The first-order valence-electron chi connectivity index (χ1n) is 13.8. The van der Waals surface area contributed by atoms with Crippen molar-refractivity contribution in [3.05, 3.63) is 133 Å². The molecular formula is C32H32F2N6O2. The SMILES string of the molecule is Cc1c(N2CCN(Cc3ccccc3C#N)CC2)c(=O)n(CC(N)c2ccccc2)c(=O)n1Cc1c(F)cccc1F. The van der Waals surface area contributed by atoms with Crippen LogP contribution < -0.4 is 21.9 Å². The highest BCUT2D eigenvalue weighted by Crippen LogP contribution is 2.21. The van der Waals surface area contributed by atoms with Gasteiger partial charge in [0.15, 0.2) is 0 Å². The summed E-state index contributed by atoms with van der Waals surface area (Å²) in [4.78, 5) is 31.8. The van der Waals surface area contributed by atoms with Crippen LogP contribution in [0.15, 0.2) is 82.4 Å². The lowest BCUT2D eigenvalue weighted by atomic mass is 10.1. The van der Waals surface area contributed by atoms with E-state index in [9.17, 15) is 23.6 Å². The quantitative estimate of drug-likeness (QED) is 0.348. The lowest BCUT2D eigenvalue weighted by Gasteiger charge is -2.37. The molecule has 1 aliphatic rings. The van der Waals surface area contributed by atoms with Crippen LogP contribution in [0.2, 0.25) is 0 Å². The topological polar surface area (TPSA) is 100 Å². The third-order valence-electron chi connectivity index (χ3n) is 7.86. The van der Waals surface area contributed by atoms with E-state index in [4.69, 9.17) is 5.73 Å². The van der Waals surface area contributed by atoms with Crippen molar-refractivity contribution in [2.75, 3.05) is 31.1 Å². The van der Waals surface area contributed by atoms with E-state index in [-0.39, 0.29) is 18.7 Å². The maximum absolute atomic E-state index is 14.7. The zero-order valence-corrected chi connectivity index (χ0v) is 23.3. The van der Waals surface area contributed by atoms with Gasteiger partial charge >= 0.3 is 5.69 Å². The highest BCUT2D eigenvalue weighted by molar-refractivity contribution is 5.50. The zero-order chi connectivity index (χ0) is 29.8. The van der Waals surface area contributed by atoms with E-state index in [1.54, 1.807) is 13.0 Å². The fourth-order valence-electron chi connectivity index (χ4n) is 5.48. The molecule has 5 rings (SSSR count). The standard InChI is InChI=1S/C32H32F2N6O2/c1-22-30(38-16-14-37(15-17-38)19-25-11-6-5-10-24(25)18-35)31(41)40(21-29(36)23-8-3-2-4-9-23)32(42)39(22)20-26-27(33)12-7-13-28(26)34/h2-13,29H,14-17,19-21,36H2,1H3. The molecule has 1 saturated heterocycles.